The Bertz CT molecular complexity index is 329. The topological polar surface area (TPSA) is 81.3 Å². The number of ether oxygens (including phenoxy) is 3. The fourth-order valence-corrected chi connectivity index (χ4v) is 2.76. The standard InChI is InChI=1S/C16H32N4O3/c17-16(18-5-2-7-20-8-12-21-13-9-20)19-6-3-10-22-14-15-4-1-11-23-15/h15H,1-14H2,(H3,17,18,19). The molecule has 23 heavy (non-hydrogen) atoms. The lowest BCUT2D eigenvalue weighted by atomic mass is 10.2. The minimum absolute atomic E-state index is 0.303. The molecule has 2 aliphatic heterocycles. The molecule has 0 bridgehead atoms. The van der Waals surface area contributed by atoms with Gasteiger partial charge in [-0.3, -0.25) is 9.89 Å². The second kappa shape index (κ2) is 11.6. The van der Waals surface area contributed by atoms with Gasteiger partial charge in [-0.2, -0.15) is 0 Å². The molecule has 134 valence electrons. The molecule has 0 radical (unpaired) electrons. The Morgan fingerprint density at radius 1 is 1.26 bits per heavy atom. The van der Waals surface area contributed by atoms with Gasteiger partial charge >= 0.3 is 0 Å². The zero-order valence-corrected chi connectivity index (χ0v) is 14.2. The molecule has 0 aliphatic carbocycles. The van der Waals surface area contributed by atoms with Gasteiger partial charge in [0.1, 0.15) is 0 Å². The Kier molecular flexibility index (Phi) is 9.32. The number of aliphatic imine (C=N–C) groups is 1. The van der Waals surface area contributed by atoms with Crippen LogP contribution < -0.4 is 11.1 Å². The van der Waals surface area contributed by atoms with E-state index in [0.29, 0.717) is 31.8 Å². The largest absolute Gasteiger partial charge is 0.379 e. The van der Waals surface area contributed by atoms with Crippen molar-refractivity contribution in [3.63, 3.8) is 0 Å². The first kappa shape index (κ1) is 18.4. The van der Waals surface area contributed by atoms with E-state index in [1.807, 2.05) is 0 Å². The van der Waals surface area contributed by atoms with Gasteiger partial charge in [-0.25, -0.2) is 0 Å². The molecule has 2 fully saturated rings. The first-order valence-corrected chi connectivity index (χ1v) is 8.88. The molecule has 0 aromatic heterocycles. The SMILES string of the molecule is NC(=NCCCOCC1CCCO1)NCCCN1CCOCC1. The van der Waals surface area contributed by atoms with Crippen molar-refractivity contribution in [3.05, 3.63) is 0 Å². The summed E-state index contributed by atoms with van der Waals surface area (Å²) < 4.78 is 16.4. The van der Waals surface area contributed by atoms with Crippen LogP contribution in [0.5, 0.6) is 0 Å². The van der Waals surface area contributed by atoms with Crippen LogP contribution in [-0.4, -0.2) is 82.7 Å². The van der Waals surface area contributed by atoms with Gasteiger partial charge in [0.05, 0.1) is 25.9 Å². The van der Waals surface area contributed by atoms with Gasteiger partial charge in [-0.15, -0.1) is 0 Å². The van der Waals surface area contributed by atoms with Gasteiger partial charge in [0, 0.05) is 39.4 Å². The number of guanidine groups is 1. The normalized spacial score (nSPS) is 23.3. The van der Waals surface area contributed by atoms with Crippen LogP contribution >= 0.6 is 0 Å². The smallest absolute Gasteiger partial charge is 0.188 e. The second-order valence-electron chi connectivity index (χ2n) is 6.06. The summed E-state index contributed by atoms with van der Waals surface area (Å²) in [6, 6.07) is 0. The van der Waals surface area contributed by atoms with Gasteiger partial charge in [0.25, 0.3) is 0 Å². The first-order valence-electron chi connectivity index (χ1n) is 8.88. The van der Waals surface area contributed by atoms with Crippen molar-refractivity contribution >= 4 is 5.96 Å². The molecule has 0 aromatic carbocycles. The van der Waals surface area contributed by atoms with Crippen LogP contribution in [0.2, 0.25) is 0 Å². The third-order valence-electron chi connectivity index (χ3n) is 4.12. The molecule has 7 nitrogen and oxygen atoms in total. The highest BCUT2D eigenvalue weighted by Crippen LogP contribution is 2.11. The third-order valence-corrected chi connectivity index (χ3v) is 4.12. The molecule has 2 rings (SSSR count). The van der Waals surface area contributed by atoms with Crippen LogP contribution in [0, 0.1) is 0 Å². The van der Waals surface area contributed by atoms with Crippen LogP contribution in [0.15, 0.2) is 4.99 Å². The summed E-state index contributed by atoms with van der Waals surface area (Å²) in [6.45, 7) is 8.73. The van der Waals surface area contributed by atoms with E-state index in [0.717, 1.165) is 71.7 Å². The quantitative estimate of drug-likeness (QED) is 0.339. The third kappa shape index (κ3) is 8.50. The first-order chi connectivity index (χ1) is 11.3. The maximum absolute atomic E-state index is 5.85. The maximum Gasteiger partial charge on any atom is 0.188 e. The van der Waals surface area contributed by atoms with E-state index in [2.05, 4.69) is 15.2 Å². The van der Waals surface area contributed by atoms with E-state index >= 15 is 0 Å². The molecule has 0 saturated carbocycles. The summed E-state index contributed by atoms with van der Waals surface area (Å²) in [5.74, 6) is 0.533. The molecule has 0 amide bonds. The Labute approximate surface area is 139 Å². The molecular formula is C16H32N4O3. The lowest BCUT2D eigenvalue weighted by molar-refractivity contribution is 0.0171. The summed E-state index contributed by atoms with van der Waals surface area (Å²) in [5.41, 5.74) is 5.85. The van der Waals surface area contributed by atoms with Crippen LogP contribution in [0.4, 0.5) is 0 Å². The Morgan fingerprint density at radius 2 is 2.13 bits per heavy atom. The fraction of sp³-hybridized carbons (Fsp3) is 0.938. The highest BCUT2D eigenvalue weighted by Gasteiger charge is 2.14. The molecule has 7 heteroatoms. The van der Waals surface area contributed by atoms with Gasteiger partial charge < -0.3 is 25.3 Å². The number of rotatable bonds is 10. The monoisotopic (exact) mass is 328 g/mol. The van der Waals surface area contributed by atoms with Crippen LogP contribution in [0.3, 0.4) is 0 Å². The molecule has 2 heterocycles. The molecule has 3 N–H and O–H groups in total. The van der Waals surface area contributed by atoms with Crippen LogP contribution in [-0.2, 0) is 14.2 Å². The van der Waals surface area contributed by atoms with E-state index in [1.165, 1.54) is 0 Å². The van der Waals surface area contributed by atoms with Crippen molar-refractivity contribution in [1.82, 2.24) is 10.2 Å². The highest BCUT2D eigenvalue weighted by molar-refractivity contribution is 5.77. The minimum Gasteiger partial charge on any atom is -0.379 e. The van der Waals surface area contributed by atoms with Crippen molar-refractivity contribution < 1.29 is 14.2 Å². The van der Waals surface area contributed by atoms with Crippen molar-refractivity contribution in [3.8, 4) is 0 Å². The molecule has 1 unspecified atom stereocenters. The molecule has 2 saturated heterocycles. The summed E-state index contributed by atoms with van der Waals surface area (Å²) in [5, 5.41) is 3.17. The Morgan fingerprint density at radius 3 is 2.91 bits per heavy atom. The lowest BCUT2D eigenvalue weighted by Crippen LogP contribution is -2.39. The Hall–Kier alpha value is -0.890. The van der Waals surface area contributed by atoms with Gasteiger partial charge in [0.2, 0.25) is 0 Å². The van der Waals surface area contributed by atoms with Crippen molar-refractivity contribution in [2.24, 2.45) is 10.7 Å². The molecule has 0 aromatic rings. The van der Waals surface area contributed by atoms with Crippen molar-refractivity contribution in [2.75, 3.05) is 65.8 Å². The zero-order chi connectivity index (χ0) is 16.2. The lowest BCUT2D eigenvalue weighted by Gasteiger charge is -2.26. The number of hydrogen-bond acceptors (Lipinski definition) is 5. The average molecular weight is 328 g/mol. The number of morpholine rings is 1. The number of nitrogens with zero attached hydrogens (tertiary/aromatic N) is 2. The number of nitrogens with two attached hydrogens (primary N) is 1. The molecule has 2 aliphatic rings. The van der Waals surface area contributed by atoms with Gasteiger partial charge in [0.15, 0.2) is 5.96 Å². The van der Waals surface area contributed by atoms with E-state index in [1.54, 1.807) is 0 Å². The fourth-order valence-electron chi connectivity index (χ4n) is 2.76. The van der Waals surface area contributed by atoms with E-state index < -0.39 is 0 Å². The van der Waals surface area contributed by atoms with E-state index in [-0.39, 0.29) is 0 Å². The summed E-state index contributed by atoms with van der Waals surface area (Å²) in [4.78, 5) is 6.74. The Balaban J connectivity index is 1.39. The van der Waals surface area contributed by atoms with E-state index in [9.17, 15) is 0 Å². The van der Waals surface area contributed by atoms with E-state index in [4.69, 9.17) is 19.9 Å². The highest BCUT2D eigenvalue weighted by atomic mass is 16.5. The summed E-state index contributed by atoms with van der Waals surface area (Å²) in [7, 11) is 0. The second-order valence-corrected chi connectivity index (χ2v) is 6.06. The maximum atomic E-state index is 5.85. The summed E-state index contributed by atoms with van der Waals surface area (Å²) >= 11 is 0. The van der Waals surface area contributed by atoms with Crippen LogP contribution in [0.25, 0.3) is 0 Å². The van der Waals surface area contributed by atoms with Crippen molar-refractivity contribution in [2.45, 2.75) is 31.8 Å². The van der Waals surface area contributed by atoms with Gasteiger partial charge in [-0.05, 0) is 32.2 Å². The molecule has 0 spiro atoms. The number of hydrogen-bond donors (Lipinski definition) is 2. The van der Waals surface area contributed by atoms with Gasteiger partial charge in [-0.1, -0.05) is 0 Å². The van der Waals surface area contributed by atoms with Crippen LogP contribution in [0.1, 0.15) is 25.7 Å². The van der Waals surface area contributed by atoms with Crippen molar-refractivity contribution in [1.29, 1.82) is 0 Å². The average Bonchev–Trinajstić information content (AvgIpc) is 3.09. The predicted molar refractivity (Wildman–Crippen MR) is 90.8 cm³/mol. The molecule has 1 atom stereocenters. The summed E-state index contributed by atoms with van der Waals surface area (Å²) in [6.07, 6.45) is 4.55. The molecular weight excluding hydrogens is 296 g/mol. The number of nitrogens with one attached hydrogen (secondary N) is 1. The predicted octanol–water partition coefficient (Wildman–Crippen LogP) is 0.199. The zero-order valence-electron chi connectivity index (χ0n) is 14.2. The minimum atomic E-state index is 0.303.